The fourth-order valence-corrected chi connectivity index (χ4v) is 7.09. The van der Waals surface area contributed by atoms with E-state index in [2.05, 4.69) is 47.2 Å². The summed E-state index contributed by atoms with van der Waals surface area (Å²) >= 11 is 1.43. The van der Waals surface area contributed by atoms with E-state index >= 15 is 0 Å². The number of carboxylic acid groups (broad SMARTS) is 1. The van der Waals surface area contributed by atoms with E-state index in [0.717, 1.165) is 6.92 Å². The Labute approximate surface area is 399 Å². The number of aliphatic hydroxyl groups excluding tert-OH is 2. The third-order valence-corrected chi connectivity index (χ3v) is 11.2. The molecule has 25 heteroatoms. The van der Waals surface area contributed by atoms with Gasteiger partial charge in [0.2, 0.25) is 41.4 Å². The summed E-state index contributed by atoms with van der Waals surface area (Å²) in [7, 11) is 0. The number of aromatic amines is 1. The van der Waals surface area contributed by atoms with Crippen molar-refractivity contribution in [3.05, 3.63) is 48.0 Å². The Hall–Kier alpha value is -5.86. The molecule has 0 bridgehead atoms. The number of carboxylic acids is 1. The molecule has 2 aromatic rings. The highest BCUT2D eigenvalue weighted by atomic mass is 32.2. The Morgan fingerprint density at radius 2 is 1.12 bits per heavy atom. The van der Waals surface area contributed by atoms with Gasteiger partial charge in [-0.1, -0.05) is 12.1 Å². The summed E-state index contributed by atoms with van der Waals surface area (Å²) in [5.41, 5.74) is 18.6. The number of hydrogen-bond donors (Lipinski definition) is 15. The van der Waals surface area contributed by atoms with Crippen LogP contribution in [-0.4, -0.2) is 163 Å². The van der Waals surface area contributed by atoms with Crippen LogP contribution in [0.15, 0.2) is 36.8 Å². The Bertz CT molecular complexity index is 1930. The first kappa shape index (κ1) is 58.3. The van der Waals surface area contributed by atoms with Crippen LogP contribution in [0.4, 0.5) is 0 Å². The molecule has 1 aromatic heterocycles. The standard InChI is InChI=1S/C43H70N12O12S/c1-23(36(59)54-34(24(2)56)42(65)52-31(10-6-8-17-45)40(63)55-35(25(3)57)43(66)67)49-41(64)33(20-27-21-47-22-48-27)53-38(61)30(9-5-7-16-44)51-39(62)32(15-18-68-4)50-37(60)29(46)19-26-11-13-28(58)14-12-26/h11-14,21-25,29-35,56-58H,5-10,15-20,44-46H2,1-4H3,(H,47,48)(H,49,64)(H,50,60)(H,51,62)(H,52,65)(H,53,61)(H,54,59)(H,55,63)(H,66,67)/t23-,24+,25+,29-,30-,31-,32-,33-,34-,35-/m0/s1. The molecule has 68 heavy (non-hydrogen) atoms. The number of carbonyl (C=O) groups excluding carboxylic acids is 7. The fourth-order valence-electron chi connectivity index (χ4n) is 6.62. The second kappa shape index (κ2) is 30.5. The zero-order valence-electron chi connectivity index (χ0n) is 38.9. The smallest absolute Gasteiger partial charge is 0.328 e. The average Bonchev–Trinajstić information content (AvgIpc) is 3.81. The van der Waals surface area contributed by atoms with Gasteiger partial charge in [0, 0.05) is 18.3 Å². The summed E-state index contributed by atoms with van der Waals surface area (Å²) in [6.45, 7) is 4.17. The number of aliphatic hydroxyl groups is 2. The van der Waals surface area contributed by atoms with Crippen molar-refractivity contribution in [2.75, 3.05) is 25.1 Å². The number of nitrogens with zero attached hydrogens (tertiary/aromatic N) is 1. The number of H-pyrrole nitrogens is 1. The van der Waals surface area contributed by atoms with Crippen molar-refractivity contribution in [2.24, 2.45) is 17.2 Å². The Morgan fingerprint density at radius 1 is 0.632 bits per heavy atom. The van der Waals surface area contributed by atoms with E-state index in [1.807, 2.05) is 6.26 Å². The van der Waals surface area contributed by atoms with E-state index in [1.54, 1.807) is 12.1 Å². The number of benzene rings is 1. The van der Waals surface area contributed by atoms with Gasteiger partial charge >= 0.3 is 5.97 Å². The molecule has 2 rings (SSSR count). The molecule has 7 amide bonds. The first-order valence-corrected chi connectivity index (χ1v) is 23.7. The minimum atomic E-state index is -1.70. The highest BCUT2D eigenvalue weighted by Gasteiger charge is 2.35. The Morgan fingerprint density at radius 3 is 1.62 bits per heavy atom. The lowest BCUT2D eigenvalue weighted by molar-refractivity contribution is -0.145. The lowest BCUT2D eigenvalue weighted by Crippen LogP contribution is -2.61. The van der Waals surface area contributed by atoms with Crippen LogP contribution >= 0.6 is 11.8 Å². The van der Waals surface area contributed by atoms with Gasteiger partial charge in [-0.3, -0.25) is 33.6 Å². The van der Waals surface area contributed by atoms with E-state index < -0.39 is 108 Å². The van der Waals surface area contributed by atoms with Gasteiger partial charge < -0.3 is 79.8 Å². The van der Waals surface area contributed by atoms with Gasteiger partial charge in [0.15, 0.2) is 6.04 Å². The number of nitrogens with two attached hydrogens (primary N) is 3. The van der Waals surface area contributed by atoms with Gasteiger partial charge in [-0.05, 0) is 115 Å². The molecule has 0 radical (unpaired) electrons. The maximum Gasteiger partial charge on any atom is 0.328 e. The van der Waals surface area contributed by atoms with Gasteiger partial charge in [-0.25, -0.2) is 9.78 Å². The molecule has 0 aliphatic heterocycles. The number of rotatable bonds is 32. The van der Waals surface area contributed by atoms with Crippen LogP contribution in [-0.2, 0) is 51.2 Å². The van der Waals surface area contributed by atoms with Gasteiger partial charge in [0.25, 0.3) is 0 Å². The van der Waals surface area contributed by atoms with Crippen molar-refractivity contribution in [2.45, 2.75) is 139 Å². The number of aromatic nitrogens is 2. The predicted octanol–water partition coefficient (Wildman–Crippen LogP) is -3.50. The number of aromatic hydroxyl groups is 1. The van der Waals surface area contributed by atoms with Crippen LogP contribution in [0.5, 0.6) is 5.75 Å². The van der Waals surface area contributed by atoms with Crippen LogP contribution in [0.2, 0.25) is 0 Å². The van der Waals surface area contributed by atoms with Gasteiger partial charge in [0.05, 0.1) is 24.6 Å². The number of phenolic OH excluding ortho intramolecular Hbond substituents is 1. The van der Waals surface area contributed by atoms with E-state index in [9.17, 15) is 58.8 Å². The molecular formula is C43H70N12O12S. The zero-order valence-corrected chi connectivity index (χ0v) is 39.7. The first-order valence-electron chi connectivity index (χ1n) is 22.3. The molecule has 1 aromatic carbocycles. The summed E-state index contributed by atoms with van der Waals surface area (Å²) in [5, 5.41) is 57.0. The maximum absolute atomic E-state index is 14.1. The van der Waals surface area contributed by atoms with Gasteiger partial charge in [-0.2, -0.15) is 11.8 Å². The predicted molar refractivity (Wildman–Crippen MR) is 251 cm³/mol. The largest absolute Gasteiger partial charge is 0.508 e. The second-order valence-electron chi connectivity index (χ2n) is 16.4. The number of carbonyl (C=O) groups is 8. The number of imidazole rings is 1. The molecular weight excluding hydrogens is 909 g/mol. The molecule has 0 saturated heterocycles. The van der Waals surface area contributed by atoms with Crippen LogP contribution in [0.25, 0.3) is 0 Å². The van der Waals surface area contributed by atoms with E-state index in [1.165, 1.54) is 50.3 Å². The summed E-state index contributed by atoms with van der Waals surface area (Å²) in [5.74, 6) is -6.88. The minimum Gasteiger partial charge on any atom is -0.508 e. The van der Waals surface area contributed by atoms with E-state index in [0.29, 0.717) is 42.7 Å². The summed E-state index contributed by atoms with van der Waals surface area (Å²) in [6.07, 6.45) is 3.41. The molecule has 380 valence electrons. The molecule has 0 saturated carbocycles. The Balaban J connectivity index is 2.27. The molecule has 24 nitrogen and oxygen atoms in total. The van der Waals surface area contributed by atoms with E-state index in [4.69, 9.17) is 17.2 Å². The number of amides is 7. The van der Waals surface area contributed by atoms with Crippen molar-refractivity contribution in [1.82, 2.24) is 47.2 Å². The SMILES string of the molecule is CSCC[C@H](NC(=O)[C@@H](N)Cc1ccc(O)cc1)C(=O)N[C@@H](CCCCN)C(=O)N[C@@H](Cc1cnc[nH]1)C(=O)N[C@@H](C)C(=O)N[C@H](C(=O)N[C@@H](CCCCN)C(=O)N[C@H](C(=O)O)[C@@H](C)O)[C@@H](C)O. The summed E-state index contributed by atoms with van der Waals surface area (Å²) in [6, 6.07) is -4.73. The summed E-state index contributed by atoms with van der Waals surface area (Å²) < 4.78 is 0. The maximum atomic E-state index is 14.1. The van der Waals surface area contributed by atoms with Crippen LogP contribution < -0.4 is 54.4 Å². The molecule has 0 unspecified atom stereocenters. The molecule has 1 heterocycles. The average molecular weight is 979 g/mol. The lowest BCUT2D eigenvalue weighted by atomic mass is 10.0. The molecule has 10 atom stereocenters. The lowest BCUT2D eigenvalue weighted by Gasteiger charge is -2.28. The Kier molecular flexibility index (Phi) is 26.1. The molecule has 0 spiro atoms. The number of hydrogen-bond acceptors (Lipinski definition) is 16. The van der Waals surface area contributed by atoms with Gasteiger partial charge in [0.1, 0.15) is 42.0 Å². The van der Waals surface area contributed by atoms with Crippen LogP contribution in [0, 0.1) is 0 Å². The molecule has 0 aliphatic rings. The van der Waals surface area contributed by atoms with Crippen LogP contribution in [0.3, 0.4) is 0 Å². The summed E-state index contributed by atoms with van der Waals surface area (Å²) in [4.78, 5) is 114. The quantitative estimate of drug-likeness (QED) is 0.0316. The normalized spacial score (nSPS) is 15.6. The molecule has 0 fully saturated rings. The third kappa shape index (κ3) is 20.6. The number of aliphatic carboxylic acids is 1. The topological polar surface area (TPSA) is 408 Å². The highest BCUT2D eigenvalue weighted by Crippen LogP contribution is 2.13. The second-order valence-corrected chi connectivity index (χ2v) is 17.4. The highest BCUT2D eigenvalue weighted by molar-refractivity contribution is 7.98. The number of thioether (sulfide) groups is 1. The minimum absolute atomic E-state index is 0.0122. The number of unbranched alkanes of at least 4 members (excludes halogenated alkanes) is 2. The third-order valence-electron chi connectivity index (χ3n) is 10.6. The van der Waals surface area contributed by atoms with Crippen molar-refractivity contribution < 1.29 is 58.8 Å². The molecule has 0 aliphatic carbocycles. The first-order chi connectivity index (χ1) is 32.2. The van der Waals surface area contributed by atoms with Crippen molar-refractivity contribution in [3.63, 3.8) is 0 Å². The monoisotopic (exact) mass is 978 g/mol. The zero-order chi connectivity index (χ0) is 50.9. The fraction of sp³-hybridized carbons (Fsp3) is 0.605. The van der Waals surface area contributed by atoms with Crippen molar-refractivity contribution in [1.29, 1.82) is 0 Å². The van der Waals surface area contributed by atoms with Crippen molar-refractivity contribution >= 4 is 59.1 Å². The van der Waals surface area contributed by atoms with Gasteiger partial charge in [-0.15, -0.1) is 0 Å². The number of phenols is 1. The number of nitrogens with one attached hydrogen (secondary N) is 8. The van der Waals surface area contributed by atoms with E-state index in [-0.39, 0.29) is 50.9 Å². The van der Waals surface area contributed by atoms with Crippen molar-refractivity contribution in [3.8, 4) is 5.75 Å². The molecule has 18 N–H and O–H groups in total. The van der Waals surface area contributed by atoms with Crippen LogP contribution in [0.1, 0.15) is 77.0 Å².